The zero-order chi connectivity index (χ0) is 13.1. The maximum atomic E-state index is 11.9. The van der Waals surface area contributed by atoms with Gasteiger partial charge in [-0.3, -0.25) is 9.89 Å². The van der Waals surface area contributed by atoms with E-state index in [-0.39, 0.29) is 5.91 Å². The van der Waals surface area contributed by atoms with E-state index < -0.39 is 0 Å². The Kier molecular flexibility index (Phi) is 3.18. The molecule has 2 aromatic rings. The van der Waals surface area contributed by atoms with E-state index in [1.807, 2.05) is 6.92 Å². The minimum absolute atomic E-state index is 0.213. The molecule has 0 radical (unpaired) electrons. The molecule has 1 aromatic heterocycles. The third kappa shape index (κ3) is 2.60. The number of rotatable bonds is 3. The maximum absolute atomic E-state index is 11.9. The molecule has 0 bridgehead atoms. The summed E-state index contributed by atoms with van der Waals surface area (Å²) in [6.07, 6.45) is 1.68. The number of nitrogen functional groups attached to an aromatic ring is 2. The summed E-state index contributed by atoms with van der Waals surface area (Å²) in [6, 6.07) is 4.79. The van der Waals surface area contributed by atoms with Crippen molar-refractivity contribution in [3.8, 4) is 0 Å². The first-order valence-corrected chi connectivity index (χ1v) is 5.49. The van der Waals surface area contributed by atoms with Crippen LogP contribution in [0.25, 0.3) is 0 Å². The standard InChI is InChI=1S/C12H15N5O/c1-7-9(6-16-17-7)5-15-12(18)8-2-10(13)4-11(14)3-8/h2-4,6H,5,13-14H2,1H3,(H,15,18)(H,16,17). The Labute approximate surface area is 104 Å². The van der Waals surface area contributed by atoms with Crippen molar-refractivity contribution in [1.82, 2.24) is 15.5 Å². The number of aromatic amines is 1. The number of hydrogen-bond donors (Lipinski definition) is 4. The Morgan fingerprint density at radius 3 is 2.56 bits per heavy atom. The van der Waals surface area contributed by atoms with Crippen molar-refractivity contribution < 1.29 is 4.79 Å². The summed E-state index contributed by atoms with van der Waals surface area (Å²) in [5.41, 5.74) is 14.5. The van der Waals surface area contributed by atoms with E-state index in [0.717, 1.165) is 11.3 Å². The monoisotopic (exact) mass is 245 g/mol. The number of nitrogens with one attached hydrogen (secondary N) is 2. The molecule has 0 aliphatic rings. The third-order valence-corrected chi connectivity index (χ3v) is 2.61. The number of benzene rings is 1. The number of nitrogens with two attached hydrogens (primary N) is 2. The van der Waals surface area contributed by atoms with E-state index in [9.17, 15) is 4.79 Å². The van der Waals surface area contributed by atoms with Gasteiger partial charge in [-0.05, 0) is 25.1 Å². The van der Waals surface area contributed by atoms with Crippen LogP contribution in [0.2, 0.25) is 0 Å². The topological polar surface area (TPSA) is 110 Å². The van der Waals surface area contributed by atoms with Crippen molar-refractivity contribution in [2.45, 2.75) is 13.5 Å². The summed E-state index contributed by atoms with van der Waals surface area (Å²) < 4.78 is 0. The van der Waals surface area contributed by atoms with Crippen LogP contribution >= 0.6 is 0 Å². The molecule has 1 aromatic carbocycles. The summed E-state index contributed by atoms with van der Waals surface area (Å²) in [4.78, 5) is 11.9. The van der Waals surface area contributed by atoms with Crippen LogP contribution in [0.4, 0.5) is 11.4 Å². The number of aryl methyl sites for hydroxylation is 1. The highest BCUT2D eigenvalue weighted by Gasteiger charge is 2.08. The van der Waals surface area contributed by atoms with Crippen LogP contribution in [0.5, 0.6) is 0 Å². The molecule has 6 N–H and O–H groups in total. The highest BCUT2D eigenvalue weighted by molar-refractivity contribution is 5.96. The highest BCUT2D eigenvalue weighted by atomic mass is 16.1. The van der Waals surface area contributed by atoms with Gasteiger partial charge in [0, 0.05) is 34.7 Å². The number of anilines is 2. The first-order valence-electron chi connectivity index (χ1n) is 5.49. The van der Waals surface area contributed by atoms with Crippen LogP contribution in [-0.2, 0) is 6.54 Å². The van der Waals surface area contributed by atoms with Crippen LogP contribution in [0, 0.1) is 6.92 Å². The average molecular weight is 245 g/mol. The molecule has 94 valence electrons. The number of aromatic nitrogens is 2. The zero-order valence-electron chi connectivity index (χ0n) is 10.0. The van der Waals surface area contributed by atoms with Crippen LogP contribution in [0.3, 0.4) is 0 Å². The fourth-order valence-electron chi connectivity index (χ4n) is 1.64. The first-order chi connectivity index (χ1) is 8.56. The lowest BCUT2D eigenvalue weighted by Gasteiger charge is -2.06. The van der Waals surface area contributed by atoms with Crippen LogP contribution in [0.1, 0.15) is 21.6 Å². The Morgan fingerprint density at radius 1 is 1.33 bits per heavy atom. The van der Waals surface area contributed by atoms with Crippen molar-refractivity contribution in [2.75, 3.05) is 11.5 Å². The molecule has 2 rings (SSSR count). The van der Waals surface area contributed by atoms with Gasteiger partial charge in [-0.25, -0.2) is 0 Å². The lowest BCUT2D eigenvalue weighted by Crippen LogP contribution is -2.23. The van der Waals surface area contributed by atoms with E-state index in [4.69, 9.17) is 11.5 Å². The molecule has 0 spiro atoms. The van der Waals surface area contributed by atoms with Gasteiger partial charge in [0.1, 0.15) is 0 Å². The molecule has 6 heteroatoms. The normalized spacial score (nSPS) is 10.3. The van der Waals surface area contributed by atoms with E-state index >= 15 is 0 Å². The fraction of sp³-hybridized carbons (Fsp3) is 0.167. The van der Waals surface area contributed by atoms with E-state index in [0.29, 0.717) is 23.5 Å². The van der Waals surface area contributed by atoms with Crippen LogP contribution in [0.15, 0.2) is 24.4 Å². The second-order valence-electron chi connectivity index (χ2n) is 4.09. The smallest absolute Gasteiger partial charge is 0.251 e. The van der Waals surface area contributed by atoms with Gasteiger partial charge in [-0.15, -0.1) is 0 Å². The quantitative estimate of drug-likeness (QED) is 0.600. The Hall–Kier alpha value is -2.50. The Balaban J connectivity index is 2.06. The number of carbonyl (C=O) groups excluding carboxylic acids is 1. The molecule has 6 nitrogen and oxygen atoms in total. The molecular weight excluding hydrogens is 230 g/mol. The molecule has 0 aliphatic carbocycles. The van der Waals surface area contributed by atoms with Gasteiger partial charge in [0.25, 0.3) is 5.91 Å². The number of nitrogens with zero attached hydrogens (tertiary/aromatic N) is 1. The molecular formula is C12H15N5O. The number of H-pyrrole nitrogens is 1. The van der Waals surface area contributed by atoms with Gasteiger partial charge in [-0.2, -0.15) is 5.10 Å². The number of hydrogen-bond acceptors (Lipinski definition) is 4. The molecule has 1 heterocycles. The van der Waals surface area contributed by atoms with Gasteiger partial charge in [0.05, 0.1) is 6.20 Å². The molecule has 0 atom stereocenters. The van der Waals surface area contributed by atoms with E-state index in [1.54, 1.807) is 24.4 Å². The summed E-state index contributed by atoms with van der Waals surface area (Å²) >= 11 is 0. The summed E-state index contributed by atoms with van der Waals surface area (Å²) in [6.45, 7) is 2.31. The van der Waals surface area contributed by atoms with Gasteiger partial charge < -0.3 is 16.8 Å². The van der Waals surface area contributed by atoms with Crippen molar-refractivity contribution in [3.05, 3.63) is 41.2 Å². The predicted octanol–water partition coefficient (Wildman–Crippen LogP) is 0.813. The third-order valence-electron chi connectivity index (χ3n) is 2.61. The van der Waals surface area contributed by atoms with E-state index in [1.165, 1.54) is 0 Å². The summed E-state index contributed by atoms with van der Waals surface area (Å²) in [5.74, 6) is -0.213. The first kappa shape index (κ1) is 12.0. The molecule has 18 heavy (non-hydrogen) atoms. The van der Waals surface area contributed by atoms with Gasteiger partial charge >= 0.3 is 0 Å². The largest absolute Gasteiger partial charge is 0.399 e. The average Bonchev–Trinajstić information content (AvgIpc) is 2.70. The Morgan fingerprint density at radius 2 is 2.00 bits per heavy atom. The lowest BCUT2D eigenvalue weighted by atomic mass is 10.1. The number of carbonyl (C=O) groups is 1. The molecule has 1 amide bonds. The second kappa shape index (κ2) is 4.79. The minimum atomic E-state index is -0.213. The van der Waals surface area contributed by atoms with Crippen molar-refractivity contribution >= 4 is 17.3 Å². The van der Waals surface area contributed by atoms with Crippen LogP contribution < -0.4 is 16.8 Å². The molecule has 0 aliphatic heterocycles. The SMILES string of the molecule is Cc1[nH]ncc1CNC(=O)c1cc(N)cc(N)c1. The second-order valence-corrected chi connectivity index (χ2v) is 4.09. The summed E-state index contributed by atoms with van der Waals surface area (Å²) in [7, 11) is 0. The highest BCUT2D eigenvalue weighted by Crippen LogP contribution is 2.13. The molecule has 0 saturated heterocycles. The van der Waals surface area contributed by atoms with Gasteiger partial charge in [-0.1, -0.05) is 0 Å². The molecule has 0 unspecified atom stereocenters. The zero-order valence-corrected chi connectivity index (χ0v) is 10.0. The van der Waals surface area contributed by atoms with Crippen molar-refractivity contribution in [2.24, 2.45) is 0 Å². The predicted molar refractivity (Wildman–Crippen MR) is 69.8 cm³/mol. The van der Waals surface area contributed by atoms with Gasteiger partial charge in [0.15, 0.2) is 0 Å². The molecule has 0 fully saturated rings. The summed E-state index contributed by atoms with van der Waals surface area (Å²) in [5, 5.41) is 9.48. The van der Waals surface area contributed by atoms with Crippen molar-refractivity contribution in [1.29, 1.82) is 0 Å². The number of amides is 1. The minimum Gasteiger partial charge on any atom is -0.399 e. The fourth-order valence-corrected chi connectivity index (χ4v) is 1.64. The van der Waals surface area contributed by atoms with Crippen molar-refractivity contribution in [3.63, 3.8) is 0 Å². The maximum Gasteiger partial charge on any atom is 0.251 e. The van der Waals surface area contributed by atoms with Gasteiger partial charge in [0.2, 0.25) is 0 Å². The lowest BCUT2D eigenvalue weighted by molar-refractivity contribution is 0.0951. The molecule has 0 saturated carbocycles. The Bertz CT molecular complexity index is 555. The van der Waals surface area contributed by atoms with E-state index in [2.05, 4.69) is 15.5 Å². The van der Waals surface area contributed by atoms with Crippen LogP contribution in [-0.4, -0.2) is 16.1 Å².